The Morgan fingerprint density at radius 2 is 1.90 bits per heavy atom. The van der Waals surface area contributed by atoms with Gasteiger partial charge in [-0.2, -0.15) is 0 Å². The first-order valence-corrected chi connectivity index (χ1v) is 8.13. The van der Waals surface area contributed by atoms with Gasteiger partial charge in [0.15, 0.2) is 0 Å². The van der Waals surface area contributed by atoms with Crippen LogP contribution in [0.25, 0.3) is 0 Å². The molecule has 0 bridgehead atoms. The van der Waals surface area contributed by atoms with Gasteiger partial charge < -0.3 is 11.1 Å². The molecule has 3 N–H and O–H groups in total. The smallest absolute Gasteiger partial charge is 0.0467 e. The Kier molecular flexibility index (Phi) is 7.39. The van der Waals surface area contributed by atoms with Gasteiger partial charge in [-0.1, -0.05) is 56.7 Å². The quantitative estimate of drug-likeness (QED) is 0.619. The summed E-state index contributed by atoms with van der Waals surface area (Å²) in [7, 11) is 0. The van der Waals surface area contributed by atoms with Crippen molar-refractivity contribution in [2.45, 2.75) is 64.8 Å². The summed E-state index contributed by atoms with van der Waals surface area (Å²) >= 11 is 6.18. The van der Waals surface area contributed by atoms with Crippen LogP contribution in [-0.2, 0) is 0 Å². The first-order chi connectivity index (χ1) is 9.50. The molecule has 0 amide bonds. The maximum Gasteiger partial charge on any atom is 0.0467 e. The second kappa shape index (κ2) is 8.53. The molecule has 1 unspecified atom stereocenters. The monoisotopic (exact) mass is 296 g/mol. The van der Waals surface area contributed by atoms with Gasteiger partial charge in [-0.05, 0) is 38.0 Å². The van der Waals surface area contributed by atoms with Crippen LogP contribution in [0.2, 0.25) is 5.02 Å². The molecule has 0 aliphatic heterocycles. The van der Waals surface area contributed by atoms with Gasteiger partial charge in [-0.15, -0.1) is 0 Å². The van der Waals surface area contributed by atoms with Crippen LogP contribution in [0.3, 0.4) is 0 Å². The third-order valence-electron chi connectivity index (χ3n) is 3.90. The summed E-state index contributed by atoms with van der Waals surface area (Å²) < 4.78 is 0. The fourth-order valence-corrected chi connectivity index (χ4v) is 2.53. The third-order valence-corrected chi connectivity index (χ3v) is 4.31. The number of nitrogens with two attached hydrogens (primary N) is 1. The predicted octanol–water partition coefficient (Wildman–Crippen LogP) is 5.14. The van der Waals surface area contributed by atoms with Crippen LogP contribution in [0.4, 0.5) is 5.69 Å². The van der Waals surface area contributed by atoms with Crippen LogP contribution in [0, 0.1) is 6.92 Å². The molecule has 1 aromatic carbocycles. The fraction of sp³-hybridized carbons (Fsp3) is 0.647. The molecule has 0 saturated heterocycles. The van der Waals surface area contributed by atoms with E-state index in [4.69, 9.17) is 17.3 Å². The van der Waals surface area contributed by atoms with E-state index in [-0.39, 0.29) is 5.54 Å². The van der Waals surface area contributed by atoms with E-state index >= 15 is 0 Å². The zero-order valence-electron chi connectivity index (χ0n) is 13.1. The highest BCUT2D eigenvalue weighted by molar-refractivity contribution is 6.31. The van der Waals surface area contributed by atoms with E-state index in [9.17, 15) is 0 Å². The van der Waals surface area contributed by atoms with Crippen molar-refractivity contribution in [3.8, 4) is 0 Å². The van der Waals surface area contributed by atoms with Crippen molar-refractivity contribution in [2.24, 2.45) is 5.73 Å². The third kappa shape index (κ3) is 5.72. The zero-order valence-corrected chi connectivity index (χ0v) is 13.9. The number of anilines is 1. The van der Waals surface area contributed by atoms with E-state index in [0.29, 0.717) is 6.54 Å². The van der Waals surface area contributed by atoms with Gasteiger partial charge >= 0.3 is 0 Å². The average molecular weight is 297 g/mol. The molecule has 114 valence electrons. The Morgan fingerprint density at radius 3 is 2.50 bits per heavy atom. The van der Waals surface area contributed by atoms with Crippen molar-refractivity contribution >= 4 is 17.3 Å². The van der Waals surface area contributed by atoms with Gasteiger partial charge in [0.05, 0.1) is 0 Å². The van der Waals surface area contributed by atoms with Crippen molar-refractivity contribution in [3.05, 3.63) is 28.8 Å². The number of hydrogen-bond donors (Lipinski definition) is 2. The number of hydrogen-bond acceptors (Lipinski definition) is 2. The molecule has 1 atom stereocenters. The van der Waals surface area contributed by atoms with Gasteiger partial charge in [0.1, 0.15) is 0 Å². The molecule has 3 heteroatoms. The maximum atomic E-state index is 6.18. The van der Waals surface area contributed by atoms with Crippen molar-refractivity contribution in [1.29, 1.82) is 0 Å². The fourth-order valence-electron chi connectivity index (χ4n) is 2.35. The number of unbranched alkanes of at least 4 members (excludes halogenated alkanes) is 4. The van der Waals surface area contributed by atoms with Gasteiger partial charge in [-0.3, -0.25) is 0 Å². The Hall–Kier alpha value is -0.730. The topological polar surface area (TPSA) is 38.0 Å². The molecular formula is C17H29ClN2. The van der Waals surface area contributed by atoms with Gasteiger partial charge in [0.25, 0.3) is 0 Å². The van der Waals surface area contributed by atoms with Crippen LogP contribution >= 0.6 is 11.6 Å². The molecule has 0 aliphatic carbocycles. The second-order valence-electron chi connectivity index (χ2n) is 6.02. The lowest BCUT2D eigenvalue weighted by Gasteiger charge is -2.31. The Bertz CT molecular complexity index is 406. The normalized spacial score (nSPS) is 14.1. The summed E-state index contributed by atoms with van der Waals surface area (Å²) in [5.74, 6) is 0. The SMILES string of the molecule is CCCCCCCC(C)(CN)Nc1ccc(C)c(Cl)c1. The molecule has 2 nitrogen and oxygen atoms in total. The van der Waals surface area contributed by atoms with Gasteiger partial charge in [0, 0.05) is 22.8 Å². The predicted molar refractivity (Wildman–Crippen MR) is 90.6 cm³/mol. The largest absolute Gasteiger partial charge is 0.379 e. The van der Waals surface area contributed by atoms with Crippen molar-refractivity contribution in [1.82, 2.24) is 0 Å². The number of benzene rings is 1. The lowest BCUT2D eigenvalue weighted by molar-refractivity contribution is 0.449. The number of aryl methyl sites for hydroxylation is 1. The van der Waals surface area contributed by atoms with E-state index in [1.54, 1.807) is 0 Å². The minimum atomic E-state index is -0.0508. The number of nitrogens with one attached hydrogen (secondary N) is 1. The molecule has 0 spiro atoms. The van der Waals surface area contributed by atoms with Crippen molar-refractivity contribution in [3.63, 3.8) is 0 Å². The standard InChI is InChI=1S/C17H29ClN2/c1-4-5-6-7-8-11-17(3,13-19)20-15-10-9-14(2)16(18)12-15/h9-10,12,20H,4-8,11,13,19H2,1-3H3. The number of halogens is 1. The molecule has 0 aliphatic rings. The number of rotatable bonds is 9. The molecular weight excluding hydrogens is 268 g/mol. The van der Waals surface area contributed by atoms with E-state index in [2.05, 4.69) is 25.2 Å². The summed E-state index contributed by atoms with van der Waals surface area (Å²) in [5.41, 5.74) is 8.08. The van der Waals surface area contributed by atoms with Crippen LogP contribution in [0.5, 0.6) is 0 Å². The summed E-state index contributed by atoms with van der Waals surface area (Å²) in [6.07, 6.45) is 7.56. The lowest BCUT2D eigenvalue weighted by atomic mass is 9.93. The molecule has 1 rings (SSSR count). The first kappa shape index (κ1) is 17.3. The van der Waals surface area contributed by atoms with Gasteiger partial charge in [0.2, 0.25) is 0 Å². The summed E-state index contributed by atoms with van der Waals surface area (Å²) in [5, 5.41) is 4.36. The summed E-state index contributed by atoms with van der Waals surface area (Å²) in [4.78, 5) is 0. The van der Waals surface area contributed by atoms with Gasteiger partial charge in [-0.25, -0.2) is 0 Å². The molecule has 0 heterocycles. The second-order valence-corrected chi connectivity index (χ2v) is 6.43. The van der Waals surface area contributed by atoms with Crippen LogP contribution in [0.1, 0.15) is 57.9 Å². The highest BCUT2D eigenvalue weighted by Gasteiger charge is 2.21. The molecule has 20 heavy (non-hydrogen) atoms. The zero-order chi connectivity index (χ0) is 15.0. The van der Waals surface area contributed by atoms with Crippen molar-refractivity contribution in [2.75, 3.05) is 11.9 Å². The van der Waals surface area contributed by atoms with E-state index in [0.717, 1.165) is 22.7 Å². The molecule has 0 radical (unpaired) electrons. The molecule has 0 fully saturated rings. The Labute approximate surface area is 129 Å². The maximum absolute atomic E-state index is 6.18. The van der Waals surface area contributed by atoms with E-state index in [1.165, 1.54) is 32.1 Å². The van der Waals surface area contributed by atoms with E-state index < -0.39 is 0 Å². The van der Waals surface area contributed by atoms with Crippen molar-refractivity contribution < 1.29 is 0 Å². The minimum Gasteiger partial charge on any atom is -0.379 e. The van der Waals surface area contributed by atoms with Crippen LogP contribution in [0.15, 0.2) is 18.2 Å². The Balaban J connectivity index is 2.52. The average Bonchev–Trinajstić information content (AvgIpc) is 2.43. The molecule has 1 aromatic rings. The summed E-state index contributed by atoms with van der Waals surface area (Å²) in [6, 6.07) is 6.11. The highest BCUT2D eigenvalue weighted by Crippen LogP contribution is 2.25. The molecule has 0 aromatic heterocycles. The minimum absolute atomic E-state index is 0.0508. The highest BCUT2D eigenvalue weighted by atomic mass is 35.5. The lowest BCUT2D eigenvalue weighted by Crippen LogP contribution is -2.42. The van der Waals surface area contributed by atoms with Crippen LogP contribution < -0.4 is 11.1 Å². The first-order valence-electron chi connectivity index (χ1n) is 7.75. The van der Waals surface area contributed by atoms with E-state index in [1.807, 2.05) is 19.1 Å². The van der Waals surface area contributed by atoms with Crippen LogP contribution in [-0.4, -0.2) is 12.1 Å². The molecule has 0 saturated carbocycles. The Morgan fingerprint density at radius 1 is 1.20 bits per heavy atom. The summed E-state index contributed by atoms with van der Waals surface area (Å²) in [6.45, 7) is 7.08.